The van der Waals surface area contributed by atoms with E-state index in [4.69, 9.17) is 14.6 Å². The van der Waals surface area contributed by atoms with E-state index in [0.29, 0.717) is 12.4 Å². The predicted octanol–water partition coefficient (Wildman–Crippen LogP) is 3.58. The first-order chi connectivity index (χ1) is 9.61. The van der Waals surface area contributed by atoms with Crippen LogP contribution in [0.25, 0.3) is 0 Å². The maximum Gasteiger partial charge on any atom is 0.335 e. The zero-order valence-corrected chi connectivity index (χ0v) is 13.0. The molecule has 0 heterocycles. The molecule has 0 bridgehead atoms. The minimum absolute atomic E-state index is 0.209. The van der Waals surface area contributed by atoms with Gasteiger partial charge in [0.15, 0.2) is 0 Å². The largest absolute Gasteiger partial charge is 0.496 e. The molecule has 0 unspecified atom stereocenters. The first kappa shape index (κ1) is 14.6. The van der Waals surface area contributed by atoms with Gasteiger partial charge in [-0.1, -0.05) is 18.2 Å². The maximum atomic E-state index is 11.0. The van der Waals surface area contributed by atoms with Gasteiger partial charge in [-0.15, -0.1) is 0 Å². The Morgan fingerprint density at radius 2 is 1.95 bits per heavy atom. The lowest BCUT2D eigenvalue weighted by atomic mass is 10.2. The van der Waals surface area contributed by atoms with E-state index in [9.17, 15) is 4.79 Å². The van der Waals surface area contributed by atoms with Crippen LogP contribution in [-0.4, -0.2) is 18.2 Å². The second-order valence-corrected chi connectivity index (χ2v) is 5.21. The number of benzene rings is 2. The molecule has 2 rings (SSSR count). The van der Waals surface area contributed by atoms with Crippen LogP contribution in [0.4, 0.5) is 0 Å². The summed E-state index contributed by atoms with van der Waals surface area (Å²) in [7, 11) is 1.60. The Labute approximate surface area is 130 Å². The van der Waals surface area contributed by atoms with E-state index in [1.807, 2.05) is 24.3 Å². The second-order valence-electron chi connectivity index (χ2n) is 4.05. The van der Waals surface area contributed by atoms with Crippen LogP contribution in [0.5, 0.6) is 11.5 Å². The van der Waals surface area contributed by atoms with Gasteiger partial charge in [0.05, 0.1) is 16.2 Å². The lowest BCUT2D eigenvalue weighted by Crippen LogP contribution is -2.02. The first-order valence-electron chi connectivity index (χ1n) is 5.89. The molecule has 4 nitrogen and oxygen atoms in total. The van der Waals surface area contributed by atoms with Crippen molar-refractivity contribution in [2.45, 2.75) is 6.61 Å². The van der Waals surface area contributed by atoms with Crippen molar-refractivity contribution in [3.63, 3.8) is 0 Å². The number of carboxylic acids is 1. The quantitative estimate of drug-likeness (QED) is 0.801. The number of hydrogen-bond acceptors (Lipinski definition) is 3. The van der Waals surface area contributed by atoms with Gasteiger partial charge < -0.3 is 14.6 Å². The fourth-order valence-electron chi connectivity index (χ4n) is 1.72. The number of halogens is 1. The summed E-state index contributed by atoms with van der Waals surface area (Å²) in [6.45, 7) is 0.323. The third-order valence-electron chi connectivity index (χ3n) is 2.75. The Hall–Kier alpha value is -1.76. The van der Waals surface area contributed by atoms with Crippen molar-refractivity contribution in [1.29, 1.82) is 0 Å². The highest BCUT2D eigenvalue weighted by molar-refractivity contribution is 14.1. The van der Waals surface area contributed by atoms with Crippen LogP contribution in [0.1, 0.15) is 15.9 Å². The van der Waals surface area contributed by atoms with E-state index in [0.717, 1.165) is 14.9 Å². The fraction of sp³-hybridized carbons (Fsp3) is 0.133. The molecule has 5 heteroatoms. The van der Waals surface area contributed by atoms with Crippen molar-refractivity contribution in [1.82, 2.24) is 0 Å². The second kappa shape index (κ2) is 6.60. The summed E-state index contributed by atoms with van der Waals surface area (Å²) in [5.41, 5.74) is 1.12. The van der Waals surface area contributed by atoms with Crippen LogP contribution >= 0.6 is 22.6 Å². The van der Waals surface area contributed by atoms with Gasteiger partial charge in [-0.25, -0.2) is 4.79 Å². The highest BCUT2D eigenvalue weighted by Gasteiger charge is 2.09. The van der Waals surface area contributed by atoms with Crippen LogP contribution in [0.2, 0.25) is 0 Å². The molecule has 0 saturated carbocycles. The number of aromatic carboxylic acids is 1. The van der Waals surface area contributed by atoms with E-state index in [1.54, 1.807) is 19.2 Å². The molecule has 0 radical (unpaired) electrons. The summed E-state index contributed by atoms with van der Waals surface area (Å²) in [6.07, 6.45) is 0. The average Bonchev–Trinajstić information content (AvgIpc) is 2.46. The van der Waals surface area contributed by atoms with Gasteiger partial charge in [-0.05, 0) is 46.9 Å². The Balaban J connectivity index is 2.18. The standard InChI is InChI=1S/C15H13IO4/c1-19-13-5-3-2-4-11(13)9-20-14-8-10(15(17)18)6-7-12(14)16/h2-8H,9H2,1H3,(H,17,18). The van der Waals surface area contributed by atoms with Gasteiger partial charge >= 0.3 is 5.97 Å². The first-order valence-corrected chi connectivity index (χ1v) is 6.97. The zero-order valence-electron chi connectivity index (χ0n) is 10.8. The molecule has 0 aliphatic carbocycles. The van der Waals surface area contributed by atoms with Crippen LogP contribution in [0.3, 0.4) is 0 Å². The van der Waals surface area contributed by atoms with Gasteiger partial charge in [0, 0.05) is 5.56 Å². The molecule has 0 fully saturated rings. The number of methoxy groups -OCH3 is 1. The molecule has 0 saturated heterocycles. The average molecular weight is 384 g/mol. The van der Waals surface area contributed by atoms with Crippen molar-refractivity contribution in [2.75, 3.05) is 7.11 Å². The molecule has 0 atom stereocenters. The molecule has 20 heavy (non-hydrogen) atoms. The van der Waals surface area contributed by atoms with Crippen molar-refractivity contribution >= 4 is 28.6 Å². The number of carbonyl (C=O) groups is 1. The fourth-order valence-corrected chi connectivity index (χ4v) is 2.22. The Morgan fingerprint density at radius 1 is 1.20 bits per heavy atom. The molecule has 2 aromatic carbocycles. The summed E-state index contributed by atoms with van der Waals surface area (Å²) >= 11 is 2.11. The van der Waals surface area contributed by atoms with Crippen LogP contribution in [0.15, 0.2) is 42.5 Å². The highest BCUT2D eigenvalue weighted by atomic mass is 127. The van der Waals surface area contributed by atoms with Gasteiger partial charge in [0.25, 0.3) is 0 Å². The topological polar surface area (TPSA) is 55.8 Å². The normalized spacial score (nSPS) is 10.1. The molecular formula is C15H13IO4. The van der Waals surface area contributed by atoms with Crippen molar-refractivity contribution < 1.29 is 19.4 Å². The smallest absolute Gasteiger partial charge is 0.335 e. The zero-order chi connectivity index (χ0) is 14.5. The predicted molar refractivity (Wildman–Crippen MR) is 83.4 cm³/mol. The van der Waals surface area contributed by atoms with Crippen molar-refractivity contribution in [3.05, 3.63) is 57.2 Å². The van der Waals surface area contributed by atoms with E-state index in [1.165, 1.54) is 6.07 Å². The molecule has 0 aromatic heterocycles. The molecule has 104 valence electrons. The minimum Gasteiger partial charge on any atom is -0.496 e. The molecule has 0 aliphatic heterocycles. The number of ether oxygens (including phenoxy) is 2. The highest BCUT2D eigenvalue weighted by Crippen LogP contribution is 2.25. The number of rotatable bonds is 5. The number of carboxylic acid groups (broad SMARTS) is 1. The van der Waals surface area contributed by atoms with E-state index in [2.05, 4.69) is 22.6 Å². The van der Waals surface area contributed by atoms with Gasteiger partial charge in [0.1, 0.15) is 18.1 Å². The van der Waals surface area contributed by atoms with Crippen LogP contribution < -0.4 is 9.47 Å². The third kappa shape index (κ3) is 3.41. The number of para-hydroxylation sites is 1. The molecule has 1 N–H and O–H groups in total. The van der Waals surface area contributed by atoms with Crippen LogP contribution in [-0.2, 0) is 6.61 Å². The lowest BCUT2D eigenvalue weighted by molar-refractivity contribution is 0.0696. The molecule has 0 amide bonds. The molecule has 0 aliphatic rings. The summed E-state index contributed by atoms with van der Waals surface area (Å²) in [4.78, 5) is 11.0. The SMILES string of the molecule is COc1ccccc1COc1cc(C(=O)O)ccc1I. The van der Waals surface area contributed by atoms with Crippen molar-refractivity contribution in [2.24, 2.45) is 0 Å². The summed E-state index contributed by atoms with van der Waals surface area (Å²) in [6, 6.07) is 12.4. The molecule has 0 spiro atoms. The van der Waals surface area contributed by atoms with Crippen LogP contribution in [0, 0.1) is 3.57 Å². The van der Waals surface area contributed by atoms with E-state index < -0.39 is 5.97 Å². The minimum atomic E-state index is -0.969. The number of hydrogen-bond donors (Lipinski definition) is 1. The summed E-state index contributed by atoms with van der Waals surface area (Å²) in [5.74, 6) is 0.330. The Morgan fingerprint density at radius 3 is 2.65 bits per heavy atom. The monoisotopic (exact) mass is 384 g/mol. The van der Waals surface area contributed by atoms with Gasteiger partial charge in [-0.3, -0.25) is 0 Å². The Kier molecular flexibility index (Phi) is 4.84. The van der Waals surface area contributed by atoms with Crippen molar-refractivity contribution in [3.8, 4) is 11.5 Å². The maximum absolute atomic E-state index is 11.0. The van der Waals surface area contributed by atoms with Gasteiger partial charge in [0.2, 0.25) is 0 Å². The third-order valence-corrected chi connectivity index (χ3v) is 3.65. The summed E-state index contributed by atoms with van der Waals surface area (Å²) < 4.78 is 11.8. The summed E-state index contributed by atoms with van der Waals surface area (Å²) in [5, 5.41) is 8.99. The molecule has 2 aromatic rings. The van der Waals surface area contributed by atoms with E-state index in [-0.39, 0.29) is 5.56 Å². The Bertz CT molecular complexity index is 625. The molecular weight excluding hydrogens is 371 g/mol. The lowest BCUT2D eigenvalue weighted by Gasteiger charge is -2.11. The van der Waals surface area contributed by atoms with Gasteiger partial charge in [-0.2, -0.15) is 0 Å². The van der Waals surface area contributed by atoms with E-state index >= 15 is 0 Å².